The fraction of sp³-hybridized carbons (Fsp3) is 0.571. The zero-order chi connectivity index (χ0) is 12.3. The van der Waals surface area contributed by atoms with Gasteiger partial charge in [-0.05, 0) is 55.4 Å². The minimum absolute atomic E-state index is 0.205. The maximum absolute atomic E-state index is 13.1. The van der Waals surface area contributed by atoms with Crippen LogP contribution in [-0.2, 0) is 6.42 Å². The highest BCUT2D eigenvalue weighted by Crippen LogP contribution is 2.33. The molecule has 1 fully saturated rings. The Bertz CT molecular complexity index is 372. The third-order valence-electron chi connectivity index (χ3n) is 3.61. The molecule has 0 saturated heterocycles. The van der Waals surface area contributed by atoms with Crippen LogP contribution in [0.3, 0.4) is 0 Å². The maximum atomic E-state index is 13.1. The van der Waals surface area contributed by atoms with Crippen LogP contribution >= 0.6 is 23.2 Å². The van der Waals surface area contributed by atoms with Crippen molar-refractivity contribution >= 4 is 23.2 Å². The van der Waals surface area contributed by atoms with Gasteiger partial charge in [-0.25, -0.2) is 4.39 Å². The Balaban J connectivity index is 1.90. The van der Waals surface area contributed by atoms with Gasteiger partial charge in [0, 0.05) is 10.4 Å². The molecule has 0 aliphatic heterocycles. The third-order valence-corrected chi connectivity index (χ3v) is 4.55. The van der Waals surface area contributed by atoms with Crippen molar-refractivity contribution in [3.63, 3.8) is 0 Å². The lowest BCUT2D eigenvalue weighted by Crippen LogP contribution is -2.12. The zero-order valence-corrected chi connectivity index (χ0v) is 11.3. The van der Waals surface area contributed by atoms with Crippen LogP contribution in [-0.4, -0.2) is 5.38 Å². The maximum Gasteiger partial charge on any atom is 0.123 e. The number of hydrogen-bond donors (Lipinski definition) is 0. The molecule has 0 spiro atoms. The molecule has 1 aliphatic rings. The molecule has 1 aromatic carbocycles. The van der Waals surface area contributed by atoms with Crippen molar-refractivity contribution in [2.75, 3.05) is 0 Å². The van der Waals surface area contributed by atoms with Crippen LogP contribution in [0.25, 0.3) is 0 Å². The average Bonchev–Trinajstić information content (AvgIpc) is 2.83. The Morgan fingerprint density at radius 1 is 1.29 bits per heavy atom. The quantitative estimate of drug-likeness (QED) is 0.662. The van der Waals surface area contributed by atoms with Gasteiger partial charge < -0.3 is 0 Å². The highest BCUT2D eigenvalue weighted by atomic mass is 35.5. The third kappa shape index (κ3) is 3.59. The van der Waals surface area contributed by atoms with Crippen molar-refractivity contribution in [3.8, 4) is 0 Å². The summed E-state index contributed by atoms with van der Waals surface area (Å²) in [6.45, 7) is 0. The summed E-state index contributed by atoms with van der Waals surface area (Å²) < 4.78 is 13.1. The molecule has 0 bridgehead atoms. The molecule has 17 heavy (non-hydrogen) atoms. The Morgan fingerprint density at radius 3 is 2.71 bits per heavy atom. The molecule has 3 heteroatoms. The molecule has 1 aliphatic carbocycles. The van der Waals surface area contributed by atoms with E-state index in [-0.39, 0.29) is 11.2 Å². The van der Waals surface area contributed by atoms with Crippen molar-refractivity contribution in [2.45, 2.75) is 43.9 Å². The molecule has 0 amide bonds. The van der Waals surface area contributed by atoms with Gasteiger partial charge in [-0.1, -0.05) is 24.4 Å². The number of halogens is 3. The molecule has 1 saturated carbocycles. The molecular weight excluding hydrogens is 258 g/mol. The lowest BCUT2D eigenvalue weighted by Gasteiger charge is -2.16. The minimum atomic E-state index is -0.226. The first-order chi connectivity index (χ1) is 8.16. The summed E-state index contributed by atoms with van der Waals surface area (Å²) in [5.74, 6) is 0.417. The molecule has 0 radical (unpaired) electrons. The Morgan fingerprint density at radius 2 is 2.00 bits per heavy atom. The highest BCUT2D eigenvalue weighted by Gasteiger charge is 2.23. The minimum Gasteiger partial charge on any atom is -0.207 e. The van der Waals surface area contributed by atoms with Crippen molar-refractivity contribution in [1.82, 2.24) is 0 Å². The van der Waals surface area contributed by atoms with Crippen LogP contribution in [0.4, 0.5) is 4.39 Å². The van der Waals surface area contributed by atoms with Crippen LogP contribution in [0.2, 0.25) is 5.02 Å². The summed E-state index contributed by atoms with van der Waals surface area (Å²) in [5, 5.41) is 0.846. The van der Waals surface area contributed by atoms with Gasteiger partial charge in [-0.2, -0.15) is 0 Å². The number of benzene rings is 1. The van der Waals surface area contributed by atoms with E-state index in [1.165, 1.54) is 37.8 Å². The smallest absolute Gasteiger partial charge is 0.123 e. The zero-order valence-electron chi connectivity index (χ0n) is 9.76. The predicted octanol–water partition coefficient (Wildman–Crippen LogP) is 5.21. The second-order valence-corrected chi connectivity index (χ2v) is 5.80. The Kier molecular flexibility index (Phi) is 4.69. The van der Waals surface area contributed by atoms with Crippen molar-refractivity contribution in [1.29, 1.82) is 0 Å². The number of aryl methyl sites for hydroxylation is 1. The van der Waals surface area contributed by atoms with Crippen molar-refractivity contribution in [3.05, 3.63) is 34.6 Å². The second-order valence-electron chi connectivity index (χ2n) is 4.83. The number of alkyl halides is 1. The molecular formula is C14H17Cl2F. The number of hydrogen-bond acceptors (Lipinski definition) is 0. The van der Waals surface area contributed by atoms with Gasteiger partial charge in [0.1, 0.15) is 5.82 Å². The molecule has 1 atom stereocenters. The van der Waals surface area contributed by atoms with E-state index in [0.717, 1.165) is 18.4 Å². The molecule has 2 rings (SSSR count). The summed E-state index contributed by atoms with van der Waals surface area (Å²) in [5.41, 5.74) is 0.871. The first kappa shape index (κ1) is 13.2. The van der Waals surface area contributed by atoms with Crippen molar-refractivity contribution < 1.29 is 4.39 Å². The predicted molar refractivity (Wildman–Crippen MR) is 71.3 cm³/mol. The summed E-state index contributed by atoms with van der Waals surface area (Å²) in [4.78, 5) is 0. The van der Waals surface area contributed by atoms with E-state index in [4.69, 9.17) is 23.2 Å². The van der Waals surface area contributed by atoms with E-state index in [2.05, 4.69) is 0 Å². The lowest BCUT2D eigenvalue weighted by molar-refractivity contribution is 0.492. The fourth-order valence-corrected chi connectivity index (χ4v) is 3.16. The van der Waals surface area contributed by atoms with Gasteiger partial charge in [-0.3, -0.25) is 0 Å². The van der Waals surface area contributed by atoms with Crippen LogP contribution in [0.5, 0.6) is 0 Å². The van der Waals surface area contributed by atoms with Gasteiger partial charge in [0.15, 0.2) is 0 Å². The first-order valence-corrected chi connectivity index (χ1v) is 7.06. The topological polar surface area (TPSA) is 0 Å². The molecule has 1 aromatic rings. The van der Waals surface area contributed by atoms with E-state index in [1.54, 1.807) is 6.07 Å². The van der Waals surface area contributed by atoms with Gasteiger partial charge in [-0.15, -0.1) is 11.6 Å². The number of rotatable bonds is 4. The molecule has 0 aromatic heterocycles. The van der Waals surface area contributed by atoms with Gasteiger partial charge >= 0.3 is 0 Å². The Hall–Kier alpha value is -0.270. The van der Waals surface area contributed by atoms with E-state index < -0.39 is 0 Å². The highest BCUT2D eigenvalue weighted by molar-refractivity contribution is 6.31. The summed E-state index contributed by atoms with van der Waals surface area (Å²) >= 11 is 12.4. The van der Waals surface area contributed by atoms with Gasteiger partial charge in [0.05, 0.1) is 0 Å². The first-order valence-electron chi connectivity index (χ1n) is 6.25. The molecule has 0 N–H and O–H groups in total. The molecule has 0 heterocycles. The lowest BCUT2D eigenvalue weighted by atomic mass is 9.97. The molecule has 1 unspecified atom stereocenters. The monoisotopic (exact) mass is 274 g/mol. The summed E-state index contributed by atoms with van der Waals surface area (Å²) in [6, 6.07) is 4.52. The summed E-state index contributed by atoms with van der Waals surface area (Å²) in [7, 11) is 0. The SMILES string of the molecule is Fc1ccc(Cl)c(CCC(Cl)C2CCCC2)c1. The van der Waals surface area contributed by atoms with Crippen LogP contribution in [0.15, 0.2) is 18.2 Å². The normalized spacial score (nSPS) is 18.5. The van der Waals surface area contributed by atoms with Crippen LogP contribution in [0.1, 0.15) is 37.7 Å². The summed E-state index contributed by atoms with van der Waals surface area (Å²) in [6.07, 6.45) is 6.73. The van der Waals surface area contributed by atoms with E-state index in [9.17, 15) is 4.39 Å². The van der Waals surface area contributed by atoms with Crippen molar-refractivity contribution in [2.24, 2.45) is 5.92 Å². The molecule has 94 valence electrons. The van der Waals surface area contributed by atoms with Crippen LogP contribution < -0.4 is 0 Å². The second kappa shape index (κ2) is 6.06. The van der Waals surface area contributed by atoms with E-state index in [1.807, 2.05) is 0 Å². The largest absolute Gasteiger partial charge is 0.207 e. The Labute approximate surface area is 112 Å². The van der Waals surface area contributed by atoms with Gasteiger partial charge in [0.25, 0.3) is 0 Å². The standard InChI is InChI=1S/C14H17Cl2F/c15-13(10-3-1-2-4-10)7-5-11-9-12(17)6-8-14(11)16/h6,8-10,13H,1-5,7H2. The average molecular weight is 275 g/mol. The van der Waals surface area contributed by atoms with E-state index >= 15 is 0 Å². The van der Waals surface area contributed by atoms with E-state index in [0.29, 0.717) is 10.9 Å². The van der Waals surface area contributed by atoms with Gasteiger partial charge in [0.2, 0.25) is 0 Å². The van der Waals surface area contributed by atoms with Crippen LogP contribution in [0, 0.1) is 11.7 Å². The molecule has 0 nitrogen and oxygen atoms in total. The fourth-order valence-electron chi connectivity index (χ4n) is 2.58.